The van der Waals surface area contributed by atoms with Crippen molar-refractivity contribution in [1.29, 1.82) is 0 Å². The van der Waals surface area contributed by atoms with Crippen LogP contribution in [0.2, 0.25) is 0 Å². The first-order chi connectivity index (χ1) is 18.3. The van der Waals surface area contributed by atoms with Crippen LogP contribution in [0.1, 0.15) is 36.0 Å². The number of aryl methyl sites for hydroxylation is 1. The highest BCUT2D eigenvalue weighted by atomic mass is 19.3. The second-order valence-corrected chi connectivity index (χ2v) is 8.52. The zero-order valence-corrected chi connectivity index (χ0v) is 20.9. The Morgan fingerprint density at radius 2 is 1.58 bits per heavy atom. The number of rotatable bonds is 14. The molecule has 0 spiro atoms. The summed E-state index contributed by atoms with van der Waals surface area (Å²) in [6.07, 6.45) is 1.41. The number of carbonyl (C=O) groups is 1. The summed E-state index contributed by atoms with van der Waals surface area (Å²) in [7, 11) is 0. The number of ether oxygens (including phenoxy) is 3. The highest BCUT2D eigenvalue weighted by Crippen LogP contribution is 2.32. The lowest BCUT2D eigenvalue weighted by Crippen LogP contribution is -2.21. The summed E-state index contributed by atoms with van der Waals surface area (Å²) < 4.78 is 56.8. The highest BCUT2D eigenvalue weighted by molar-refractivity contribution is 5.87. The van der Waals surface area contributed by atoms with Crippen LogP contribution in [0.3, 0.4) is 0 Å². The Morgan fingerprint density at radius 1 is 0.868 bits per heavy atom. The molecular weight excluding hydrogens is 497 g/mol. The first-order valence-electron chi connectivity index (χ1n) is 12.2. The molecule has 38 heavy (non-hydrogen) atoms. The van der Waals surface area contributed by atoms with Crippen LogP contribution in [0.5, 0.6) is 11.5 Å². The van der Waals surface area contributed by atoms with E-state index >= 15 is 0 Å². The van der Waals surface area contributed by atoms with E-state index in [1.807, 2.05) is 6.07 Å². The van der Waals surface area contributed by atoms with Crippen molar-refractivity contribution in [3.63, 3.8) is 0 Å². The molecule has 6 nitrogen and oxygen atoms in total. The quantitative estimate of drug-likeness (QED) is 0.110. The number of nitrogens with two attached hydrogens (primary N) is 2. The maximum atomic E-state index is 14.6. The van der Waals surface area contributed by atoms with Crippen LogP contribution < -0.4 is 20.9 Å². The van der Waals surface area contributed by atoms with Crippen LogP contribution in [0, 0.1) is 0 Å². The van der Waals surface area contributed by atoms with Crippen molar-refractivity contribution >= 4 is 23.4 Å². The number of hydrogen-bond donors (Lipinski definition) is 2. The minimum absolute atomic E-state index is 0.0387. The van der Waals surface area contributed by atoms with Crippen LogP contribution in [0.4, 0.5) is 24.5 Å². The summed E-state index contributed by atoms with van der Waals surface area (Å²) in [6, 6.07) is 16.5. The summed E-state index contributed by atoms with van der Waals surface area (Å²) in [4.78, 5) is 12.0. The Bertz CT molecular complexity index is 1200. The molecule has 4 N–H and O–H groups in total. The smallest absolute Gasteiger partial charge is 0.426 e. The van der Waals surface area contributed by atoms with Crippen molar-refractivity contribution in [2.24, 2.45) is 0 Å². The van der Waals surface area contributed by atoms with Gasteiger partial charge in [0, 0.05) is 17.5 Å². The van der Waals surface area contributed by atoms with E-state index in [-0.39, 0.29) is 17.9 Å². The van der Waals surface area contributed by atoms with Gasteiger partial charge in [0.2, 0.25) is 0 Å². The number of benzene rings is 3. The highest BCUT2D eigenvalue weighted by Gasteiger charge is 2.34. The number of anilines is 2. The van der Waals surface area contributed by atoms with Crippen molar-refractivity contribution < 1.29 is 32.2 Å². The molecule has 0 radical (unpaired) electrons. The molecule has 0 saturated heterocycles. The maximum absolute atomic E-state index is 14.6. The lowest BCUT2D eigenvalue weighted by molar-refractivity contribution is -0.185. The minimum Gasteiger partial charge on any atom is -0.494 e. The van der Waals surface area contributed by atoms with Gasteiger partial charge in [0.1, 0.15) is 11.5 Å². The third kappa shape index (κ3) is 9.06. The molecule has 0 atom stereocenters. The van der Waals surface area contributed by atoms with E-state index in [0.717, 1.165) is 5.56 Å². The van der Waals surface area contributed by atoms with E-state index in [0.29, 0.717) is 55.0 Å². The molecule has 202 valence electrons. The average molecular weight is 529 g/mol. The van der Waals surface area contributed by atoms with Gasteiger partial charge in [-0.3, -0.25) is 4.39 Å². The fraction of sp³-hybridized carbons (Fsp3) is 0.276. The fourth-order valence-corrected chi connectivity index (χ4v) is 3.47. The molecule has 0 unspecified atom stereocenters. The molecule has 0 fully saturated rings. The number of carbonyl (C=O) groups excluding carboxylic acids is 1. The van der Waals surface area contributed by atoms with Gasteiger partial charge < -0.3 is 25.7 Å². The molecule has 0 heterocycles. The first-order valence-corrected chi connectivity index (χ1v) is 12.2. The average Bonchev–Trinajstić information content (AvgIpc) is 2.90. The maximum Gasteiger partial charge on any atom is 0.426 e. The Kier molecular flexibility index (Phi) is 10.5. The lowest BCUT2D eigenvalue weighted by atomic mass is 10.1. The van der Waals surface area contributed by atoms with Gasteiger partial charge in [-0.1, -0.05) is 18.2 Å². The van der Waals surface area contributed by atoms with Gasteiger partial charge in [-0.15, -0.1) is 0 Å². The molecule has 3 rings (SSSR count). The Balaban J connectivity index is 1.44. The molecule has 0 aromatic heterocycles. The van der Waals surface area contributed by atoms with Crippen molar-refractivity contribution in [2.45, 2.75) is 31.8 Å². The lowest BCUT2D eigenvalue weighted by Gasteiger charge is -2.18. The van der Waals surface area contributed by atoms with Gasteiger partial charge in [-0.25, -0.2) is 4.79 Å². The summed E-state index contributed by atoms with van der Waals surface area (Å²) in [5.74, 6) is -0.134. The Morgan fingerprint density at radius 3 is 2.26 bits per heavy atom. The monoisotopic (exact) mass is 528 g/mol. The van der Waals surface area contributed by atoms with Crippen molar-refractivity contribution in [3.05, 3.63) is 89.5 Å². The number of halogens is 3. The van der Waals surface area contributed by atoms with E-state index in [2.05, 4.69) is 0 Å². The molecule has 0 aliphatic carbocycles. The first kappa shape index (κ1) is 28.4. The topological polar surface area (TPSA) is 96.8 Å². The minimum atomic E-state index is -3.56. The van der Waals surface area contributed by atoms with Gasteiger partial charge in [0.05, 0.1) is 25.5 Å². The van der Waals surface area contributed by atoms with Gasteiger partial charge >= 0.3 is 12.1 Å². The summed E-state index contributed by atoms with van der Waals surface area (Å²) in [6.45, 7) is 0.120. The van der Waals surface area contributed by atoms with E-state index in [1.165, 1.54) is 48.6 Å². The fourth-order valence-electron chi connectivity index (χ4n) is 3.47. The van der Waals surface area contributed by atoms with Gasteiger partial charge in [0.25, 0.3) is 0 Å². The molecule has 0 aliphatic rings. The van der Waals surface area contributed by atoms with E-state index < -0.39 is 18.8 Å². The van der Waals surface area contributed by atoms with E-state index in [9.17, 15) is 18.0 Å². The number of unbranched alkanes of at least 4 members (excludes halogenated alkanes) is 1. The largest absolute Gasteiger partial charge is 0.494 e. The van der Waals surface area contributed by atoms with Crippen LogP contribution in [0.25, 0.3) is 6.08 Å². The van der Waals surface area contributed by atoms with Gasteiger partial charge in [-0.05, 0) is 91.4 Å². The predicted molar refractivity (Wildman–Crippen MR) is 142 cm³/mol. The zero-order chi connectivity index (χ0) is 27.4. The van der Waals surface area contributed by atoms with Crippen LogP contribution in [-0.4, -0.2) is 25.9 Å². The third-order valence-corrected chi connectivity index (χ3v) is 5.53. The zero-order valence-electron chi connectivity index (χ0n) is 20.9. The molecule has 9 heteroatoms. The molecule has 3 aromatic rings. The summed E-state index contributed by atoms with van der Waals surface area (Å²) >= 11 is 0. The normalized spacial score (nSPS) is 11.4. The summed E-state index contributed by atoms with van der Waals surface area (Å²) in [5.41, 5.74) is 14.0. The number of hydrogen-bond acceptors (Lipinski definition) is 6. The van der Waals surface area contributed by atoms with Crippen molar-refractivity contribution in [2.75, 3.05) is 31.4 Å². The molecule has 3 aromatic carbocycles. The number of alkyl halides is 3. The summed E-state index contributed by atoms with van der Waals surface area (Å²) in [5, 5.41) is 0. The Labute approximate surface area is 220 Å². The van der Waals surface area contributed by atoms with Crippen LogP contribution in [0.15, 0.2) is 72.8 Å². The second-order valence-electron chi connectivity index (χ2n) is 8.52. The molecule has 0 aliphatic heterocycles. The van der Waals surface area contributed by atoms with E-state index in [4.69, 9.17) is 25.7 Å². The van der Waals surface area contributed by atoms with Crippen molar-refractivity contribution in [3.8, 4) is 11.5 Å². The molecule has 0 bridgehead atoms. The van der Waals surface area contributed by atoms with Crippen molar-refractivity contribution in [1.82, 2.24) is 0 Å². The second kappa shape index (κ2) is 14.0. The SMILES string of the molecule is Nc1ccc(CCCOC(=O)/C=C/c2ccc(OC(F)(F)c3ccc(OCCCCF)cc3)cc2)c(N)c1. The molecular formula is C29H31F3N2O4. The Hall–Kier alpha value is -4.14. The molecule has 0 saturated carbocycles. The van der Waals surface area contributed by atoms with E-state index in [1.54, 1.807) is 24.3 Å². The molecule has 0 amide bonds. The number of esters is 1. The number of nitrogen functional groups attached to an aromatic ring is 2. The standard InChI is InChI=1S/C29H31F3N2O4/c30-17-1-2-18-36-25-14-9-23(10-15-25)29(31,32)38-26-12-5-21(6-13-26)7-16-28(35)37-19-3-4-22-8-11-24(33)20-27(22)34/h5-16,20H,1-4,17-19,33-34H2/b16-7+. The van der Waals surface area contributed by atoms with Gasteiger partial charge in [0.15, 0.2) is 0 Å². The predicted octanol–water partition coefficient (Wildman–Crippen LogP) is 6.30. The van der Waals surface area contributed by atoms with Crippen LogP contribution in [-0.2, 0) is 22.1 Å². The van der Waals surface area contributed by atoms with Gasteiger partial charge in [-0.2, -0.15) is 8.78 Å². The third-order valence-electron chi connectivity index (χ3n) is 5.53. The van der Waals surface area contributed by atoms with Crippen LogP contribution >= 0.6 is 0 Å².